The number of aromatic nitrogens is 1. The molecule has 1 saturated heterocycles. The summed E-state index contributed by atoms with van der Waals surface area (Å²) in [6, 6.07) is 1.53. The van der Waals surface area contributed by atoms with Crippen LogP contribution in [-0.4, -0.2) is 29.7 Å². The fraction of sp³-hybridized carbons (Fsp3) is 0.615. The fourth-order valence-electron chi connectivity index (χ4n) is 2.04. The number of alkyl halides is 2. The van der Waals surface area contributed by atoms with Crippen molar-refractivity contribution in [2.24, 2.45) is 0 Å². The third-order valence-corrected chi connectivity index (χ3v) is 4.20. The van der Waals surface area contributed by atoms with Crippen LogP contribution in [0, 0.1) is 0 Å². The van der Waals surface area contributed by atoms with Gasteiger partial charge in [0.25, 0.3) is 0 Å². The minimum atomic E-state index is -2.46. The van der Waals surface area contributed by atoms with Crippen LogP contribution < -0.4 is 5.46 Å². The molecule has 1 aromatic rings. The van der Waals surface area contributed by atoms with E-state index in [1.165, 1.54) is 12.3 Å². The quantitative estimate of drug-likeness (QED) is 0.635. The fourth-order valence-corrected chi connectivity index (χ4v) is 2.31. The highest BCUT2D eigenvalue weighted by molar-refractivity contribution is 6.66. The highest BCUT2D eigenvalue weighted by atomic mass is 35.5. The van der Waals surface area contributed by atoms with Crippen molar-refractivity contribution in [2.75, 3.05) is 0 Å². The Morgan fingerprint density at radius 2 is 1.80 bits per heavy atom. The van der Waals surface area contributed by atoms with Gasteiger partial charge in [0.2, 0.25) is 6.43 Å². The Labute approximate surface area is 122 Å². The van der Waals surface area contributed by atoms with E-state index < -0.39 is 31.2 Å². The number of rotatable bonds is 3. The molecule has 0 aliphatic carbocycles. The highest BCUT2D eigenvalue weighted by Gasteiger charge is 2.53. The summed E-state index contributed by atoms with van der Waals surface area (Å²) in [5.74, 6) is 0. The van der Waals surface area contributed by atoms with Crippen molar-refractivity contribution < 1.29 is 18.1 Å². The Bertz CT molecular complexity index is 495. The lowest BCUT2D eigenvalue weighted by Crippen LogP contribution is -2.41. The van der Waals surface area contributed by atoms with Crippen LogP contribution in [0.4, 0.5) is 8.78 Å². The standard InChI is InChI=1S/C13H17BClF2NO2/c1-12(2)13(3,4)20-14(19-12)10-8(7-9(16)17)5-6-18-11(10)15/h5-6,9H,7H2,1-4H3. The predicted molar refractivity (Wildman–Crippen MR) is 74.7 cm³/mol. The number of nitrogens with zero attached hydrogens (tertiary/aromatic N) is 1. The zero-order valence-corrected chi connectivity index (χ0v) is 12.7. The first kappa shape index (κ1) is 15.7. The Morgan fingerprint density at radius 1 is 1.25 bits per heavy atom. The molecule has 0 saturated carbocycles. The van der Waals surface area contributed by atoms with Crippen LogP contribution in [0.5, 0.6) is 0 Å². The molecule has 1 aliphatic heterocycles. The maximum Gasteiger partial charge on any atom is 0.498 e. The maximum atomic E-state index is 12.7. The summed E-state index contributed by atoms with van der Waals surface area (Å²) >= 11 is 6.06. The van der Waals surface area contributed by atoms with Gasteiger partial charge in [0.1, 0.15) is 5.15 Å². The molecule has 0 N–H and O–H groups in total. The van der Waals surface area contributed by atoms with Crippen LogP contribution in [-0.2, 0) is 15.7 Å². The van der Waals surface area contributed by atoms with Gasteiger partial charge in [-0.25, -0.2) is 13.8 Å². The molecule has 1 fully saturated rings. The number of hydrogen-bond donors (Lipinski definition) is 0. The molecule has 2 rings (SSSR count). The molecule has 2 heterocycles. The van der Waals surface area contributed by atoms with Crippen LogP contribution in [0.1, 0.15) is 33.3 Å². The zero-order valence-electron chi connectivity index (χ0n) is 11.9. The van der Waals surface area contributed by atoms with Crippen molar-refractivity contribution in [2.45, 2.75) is 51.7 Å². The van der Waals surface area contributed by atoms with Gasteiger partial charge in [0.05, 0.1) is 11.2 Å². The van der Waals surface area contributed by atoms with E-state index in [4.69, 9.17) is 20.9 Å². The second kappa shape index (κ2) is 5.24. The van der Waals surface area contributed by atoms with Crippen molar-refractivity contribution in [3.8, 4) is 0 Å². The van der Waals surface area contributed by atoms with Gasteiger partial charge in [-0.3, -0.25) is 0 Å². The zero-order chi connectivity index (χ0) is 15.1. The average molecular weight is 304 g/mol. The number of hydrogen-bond acceptors (Lipinski definition) is 3. The molecular weight excluding hydrogens is 286 g/mol. The molecule has 110 valence electrons. The van der Waals surface area contributed by atoms with Crippen molar-refractivity contribution in [3.63, 3.8) is 0 Å². The van der Waals surface area contributed by atoms with Crippen molar-refractivity contribution in [1.29, 1.82) is 0 Å². The summed E-state index contributed by atoms with van der Waals surface area (Å²) in [5.41, 5.74) is -0.315. The minimum Gasteiger partial charge on any atom is -0.399 e. The second-order valence-corrected chi connectivity index (χ2v) is 6.22. The third-order valence-electron chi connectivity index (χ3n) is 3.89. The molecule has 1 aliphatic rings. The molecule has 0 radical (unpaired) electrons. The van der Waals surface area contributed by atoms with Gasteiger partial charge >= 0.3 is 7.12 Å². The van der Waals surface area contributed by atoms with Gasteiger partial charge in [-0.05, 0) is 39.3 Å². The van der Waals surface area contributed by atoms with Crippen LogP contribution >= 0.6 is 11.6 Å². The smallest absolute Gasteiger partial charge is 0.399 e. The maximum absolute atomic E-state index is 12.7. The third kappa shape index (κ3) is 2.82. The summed E-state index contributed by atoms with van der Waals surface area (Å²) in [5, 5.41) is 0.140. The lowest BCUT2D eigenvalue weighted by molar-refractivity contribution is 0.00578. The first-order chi connectivity index (χ1) is 9.14. The van der Waals surface area contributed by atoms with E-state index >= 15 is 0 Å². The van der Waals surface area contributed by atoms with E-state index in [2.05, 4.69) is 4.98 Å². The molecule has 20 heavy (non-hydrogen) atoms. The number of halogens is 3. The van der Waals surface area contributed by atoms with Gasteiger partial charge < -0.3 is 9.31 Å². The van der Waals surface area contributed by atoms with Gasteiger partial charge in [0.15, 0.2) is 0 Å². The first-order valence-electron chi connectivity index (χ1n) is 6.41. The van der Waals surface area contributed by atoms with Crippen molar-refractivity contribution in [3.05, 3.63) is 23.0 Å². The minimum absolute atomic E-state index is 0.140. The second-order valence-electron chi connectivity index (χ2n) is 5.86. The van der Waals surface area contributed by atoms with Crippen LogP contribution in [0.3, 0.4) is 0 Å². The van der Waals surface area contributed by atoms with Gasteiger partial charge in [-0.15, -0.1) is 0 Å². The Hall–Kier alpha value is -0.715. The molecule has 0 atom stereocenters. The Balaban J connectivity index is 2.39. The Kier molecular flexibility index (Phi) is 4.11. The summed E-state index contributed by atoms with van der Waals surface area (Å²) in [4.78, 5) is 3.95. The lowest BCUT2D eigenvalue weighted by atomic mass is 9.76. The predicted octanol–water partition coefficient (Wildman–Crippen LogP) is 2.84. The SMILES string of the molecule is CC1(C)OB(c2c(CC(F)F)ccnc2Cl)OC1(C)C. The molecule has 0 unspecified atom stereocenters. The molecule has 0 spiro atoms. The normalized spacial score (nSPS) is 20.7. The molecule has 7 heteroatoms. The topological polar surface area (TPSA) is 31.4 Å². The van der Waals surface area contributed by atoms with E-state index in [1.807, 2.05) is 27.7 Å². The number of pyridine rings is 1. The molecule has 0 bridgehead atoms. The highest BCUT2D eigenvalue weighted by Crippen LogP contribution is 2.37. The van der Waals surface area contributed by atoms with Crippen molar-refractivity contribution in [1.82, 2.24) is 4.98 Å². The molecule has 3 nitrogen and oxygen atoms in total. The van der Waals surface area contributed by atoms with Crippen LogP contribution in [0.15, 0.2) is 12.3 Å². The summed E-state index contributed by atoms with van der Waals surface area (Å²) in [7, 11) is -0.782. The van der Waals surface area contributed by atoms with Crippen molar-refractivity contribution >= 4 is 24.2 Å². The monoisotopic (exact) mass is 303 g/mol. The van der Waals surface area contributed by atoms with E-state index in [9.17, 15) is 8.78 Å². The first-order valence-corrected chi connectivity index (χ1v) is 6.79. The average Bonchev–Trinajstić information content (AvgIpc) is 2.46. The molecule has 0 amide bonds. The van der Waals surface area contributed by atoms with E-state index in [-0.39, 0.29) is 5.15 Å². The molecule has 0 aromatic carbocycles. The van der Waals surface area contributed by atoms with Crippen LogP contribution in [0.2, 0.25) is 5.15 Å². The summed E-state index contributed by atoms with van der Waals surface area (Å²) in [6.45, 7) is 7.57. The summed E-state index contributed by atoms with van der Waals surface area (Å²) < 4.78 is 37.1. The largest absolute Gasteiger partial charge is 0.498 e. The van der Waals surface area contributed by atoms with Gasteiger partial charge in [0, 0.05) is 18.1 Å². The van der Waals surface area contributed by atoms with E-state index in [1.54, 1.807) is 0 Å². The lowest BCUT2D eigenvalue weighted by Gasteiger charge is -2.32. The van der Waals surface area contributed by atoms with E-state index in [0.29, 0.717) is 11.0 Å². The van der Waals surface area contributed by atoms with Gasteiger partial charge in [-0.1, -0.05) is 11.6 Å². The molecule has 1 aromatic heterocycles. The molecular formula is C13H17BClF2NO2. The summed E-state index contributed by atoms with van der Waals surface area (Å²) in [6.07, 6.45) is -1.45. The van der Waals surface area contributed by atoms with E-state index in [0.717, 1.165) is 0 Å². The van der Waals surface area contributed by atoms with Gasteiger partial charge in [-0.2, -0.15) is 0 Å². The Morgan fingerprint density at radius 3 is 2.30 bits per heavy atom. The van der Waals surface area contributed by atoms with Crippen LogP contribution in [0.25, 0.3) is 0 Å².